The van der Waals surface area contributed by atoms with Crippen molar-refractivity contribution in [2.45, 2.75) is 84.7 Å². The second-order valence-electron chi connectivity index (χ2n) is 11.4. The van der Waals surface area contributed by atoms with Crippen molar-refractivity contribution in [3.8, 4) is 0 Å². The highest BCUT2D eigenvalue weighted by Gasteiger charge is 2.54. The Morgan fingerprint density at radius 3 is 2.46 bits per heavy atom. The van der Waals surface area contributed by atoms with Crippen LogP contribution in [0, 0.1) is 0 Å². The lowest BCUT2D eigenvalue weighted by Gasteiger charge is -2.35. The number of rotatable bonds is 5. The van der Waals surface area contributed by atoms with Gasteiger partial charge in [0.25, 0.3) is 0 Å². The first-order valence-electron chi connectivity index (χ1n) is 12.8. The van der Waals surface area contributed by atoms with Gasteiger partial charge < -0.3 is 23.7 Å². The Balaban J connectivity index is 1.72. The van der Waals surface area contributed by atoms with Crippen LogP contribution in [0.1, 0.15) is 86.9 Å². The summed E-state index contributed by atoms with van der Waals surface area (Å²) in [5.74, 6) is -0.286. The fourth-order valence-electron chi connectivity index (χ4n) is 4.82. The number of carbonyl (C=O) groups is 2. The van der Waals surface area contributed by atoms with E-state index in [-0.39, 0.29) is 11.7 Å². The summed E-state index contributed by atoms with van der Waals surface area (Å²) in [6, 6.07) is 9.39. The van der Waals surface area contributed by atoms with Crippen LogP contribution in [0.5, 0.6) is 0 Å². The molecule has 0 N–H and O–H groups in total. The summed E-state index contributed by atoms with van der Waals surface area (Å²) >= 11 is 0. The maximum atomic E-state index is 13.4. The van der Waals surface area contributed by atoms with Crippen LogP contribution in [-0.2, 0) is 31.7 Å². The van der Waals surface area contributed by atoms with Gasteiger partial charge in [-0.05, 0) is 77.6 Å². The summed E-state index contributed by atoms with van der Waals surface area (Å²) in [6.45, 7) is 14.7. The van der Waals surface area contributed by atoms with Crippen LogP contribution in [0.3, 0.4) is 0 Å². The maximum absolute atomic E-state index is 13.4. The number of ether oxygens (including phenoxy) is 2. The molecule has 2 aliphatic rings. The fourth-order valence-corrected chi connectivity index (χ4v) is 4.82. The number of fused-ring (bicyclic) bond motifs is 1. The number of carbonyl (C=O) groups excluding carboxylic acids is 2. The van der Waals surface area contributed by atoms with Gasteiger partial charge in [-0.1, -0.05) is 25.1 Å². The van der Waals surface area contributed by atoms with Gasteiger partial charge in [0.05, 0.1) is 23.9 Å². The van der Waals surface area contributed by atoms with Crippen LogP contribution in [0.4, 0.5) is 5.82 Å². The zero-order valence-corrected chi connectivity index (χ0v) is 23.1. The zero-order chi connectivity index (χ0) is 27.2. The van der Waals surface area contributed by atoms with Crippen molar-refractivity contribution >= 4 is 30.3 Å². The number of anilines is 1. The lowest BCUT2D eigenvalue weighted by molar-refractivity contribution is -0.0118. The molecule has 0 aliphatic carbocycles. The number of hydrogen-bond acceptors (Lipinski definition) is 8. The monoisotopic (exact) mass is 508 g/mol. The highest BCUT2D eigenvalue weighted by molar-refractivity contribution is 6.63. The molecule has 1 unspecified atom stereocenters. The van der Waals surface area contributed by atoms with Crippen molar-refractivity contribution in [2.75, 3.05) is 18.6 Å². The van der Waals surface area contributed by atoms with E-state index in [9.17, 15) is 9.59 Å². The molecule has 0 bridgehead atoms. The van der Waals surface area contributed by atoms with Crippen LogP contribution in [0.2, 0.25) is 0 Å². The fraction of sp³-hybridized carbons (Fsp3) is 0.536. The first-order chi connectivity index (χ1) is 17.3. The molecular formula is C28H37BN2O6. The van der Waals surface area contributed by atoms with Gasteiger partial charge in [-0.3, -0.25) is 0 Å². The predicted octanol–water partition coefficient (Wildman–Crippen LogP) is 4.08. The summed E-state index contributed by atoms with van der Waals surface area (Å²) in [6.07, 6.45) is 1.49. The van der Waals surface area contributed by atoms with Crippen LogP contribution in [-0.4, -0.2) is 54.5 Å². The summed E-state index contributed by atoms with van der Waals surface area (Å²) in [5, 5.41) is 0. The number of nitrogens with zero attached hydrogens (tertiary/aromatic N) is 2. The standard InChI is InChI=1S/C28H37BN2O6/c1-9-28(7)27(5,6)36-29(37-28)21-13-14-22(30-23(21)25(33)35-26(2,3)4)31-16-15-18-11-10-12-19(20(18)17-31)24(32)34-8/h10-14H,9,15-17H2,1-8H3. The molecular weight excluding hydrogens is 471 g/mol. The van der Waals surface area contributed by atoms with Crippen molar-refractivity contribution in [1.82, 2.24) is 4.98 Å². The number of esters is 2. The van der Waals surface area contributed by atoms with Gasteiger partial charge in [0.2, 0.25) is 0 Å². The van der Waals surface area contributed by atoms with E-state index < -0.39 is 29.9 Å². The van der Waals surface area contributed by atoms with Gasteiger partial charge in [-0.2, -0.15) is 0 Å². The smallest absolute Gasteiger partial charge is 0.465 e. The Labute approximate surface area is 219 Å². The zero-order valence-electron chi connectivity index (χ0n) is 23.1. The molecule has 1 saturated heterocycles. The SMILES string of the molecule is CCC1(C)OB(c2ccc(N3CCc4cccc(C(=O)OC)c4C3)nc2C(=O)OC(C)(C)C)OC1(C)C. The van der Waals surface area contributed by atoms with E-state index in [1.54, 1.807) is 6.07 Å². The van der Waals surface area contributed by atoms with E-state index in [0.717, 1.165) is 24.0 Å². The van der Waals surface area contributed by atoms with E-state index in [4.69, 9.17) is 23.8 Å². The molecule has 1 aromatic carbocycles. The third-order valence-electron chi connectivity index (χ3n) is 7.48. The van der Waals surface area contributed by atoms with Crippen molar-refractivity contribution < 1.29 is 28.4 Å². The first-order valence-corrected chi connectivity index (χ1v) is 12.8. The van der Waals surface area contributed by atoms with E-state index in [1.807, 2.05) is 65.8 Å². The van der Waals surface area contributed by atoms with Gasteiger partial charge in [0, 0.05) is 18.6 Å². The van der Waals surface area contributed by atoms with Crippen LogP contribution in [0.15, 0.2) is 30.3 Å². The second kappa shape index (κ2) is 9.76. The summed E-state index contributed by atoms with van der Waals surface area (Å²) in [4.78, 5) is 32.6. The molecule has 2 aliphatic heterocycles. The minimum absolute atomic E-state index is 0.167. The van der Waals surface area contributed by atoms with Gasteiger partial charge >= 0.3 is 19.1 Å². The van der Waals surface area contributed by atoms with E-state index in [0.29, 0.717) is 29.9 Å². The molecule has 0 amide bonds. The Morgan fingerprint density at radius 2 is 1.84 bits per heavy atom. The Bertz CT molecular complexity index is 1210. The minimum Gasteiger partial charge on any atom is -0.465 e. The third-order valence-corrected chi connectivity index (χ3v) is 7.48. The number of methoxy groups -OCH3 is 1. The molecule has 37 heavy (non-hydrogen) atoms. The average Bonchev–Trinajstić information content (AvgIpc) is 3.10. The van der Waals surface area contributed by atoms with Crippen molar-refractivity contribution in [1.29, 1.82) is 0 Å². The maximum Gasteiger partial charge on any atom is 0.497 e. The highest BCUT2D eigenvalue weighted by atomic mass is 16.7. The van der Waals surface area contributed by atoms with Crippen LogP contribution >= 0.6 is 0 Å². The lowest BCUT2D eigenvalue weighted by Crippen LogP contribution is -2.44. The summed E-state index contributed by atoms with van der Waals surface area (Å²) in [7, 11) is 0.630. The van der Waals surface area contributed by atoms with Crippen LogP contribution in [0.25, 0.3) is 0 Å². The van der Waals surface area contributed by atoms with E-state index in [2.05, 4.69) is 11.8 Å². The predicted molar refractivity (Wildman–Crippen MR) is 142 cm³/mol. The Morgan fingerprint density at radius 1 is 1.11 bits per heavy atom. The average molecular weight is 508 g/mol. The normalized spacial score (nSPS) is 21.0. The number of pyridine rings is 1. The number of benzene rings is 1. The molecule has 8 nitrogen and oxygen atoms in total. The van der Waals surface area contributed by atoms with Crippen LogP contribution < -0.4 is 10.4 Å². The topological polar surface area (TPSA) is 87.2 Å². The molecule has 1 aromatic heterocycles. The quantitative estimate of drug-likeness (QED) is 0.441. The molecule has 1 atom stereocenters. The highest BCUT2D eigenvalue weighted by Crippen LogP contribution is 2.39. The molecule has 0 saturated carbocycles. The van der Waals surface area contributed by atoms with Gasteiger partial charge in [0.15, 0.2) is 5.69 Å². The van der Waals surface area contributed by atoms with Crippen molar-refractivity contribution in [2.24, 2.45) is 0 Å². The number of aromatic nitrogens is 1. The lowest BCUT2D eigenvalue weighted by atomic mass is 9.77. The number of hydrogen-bond donors (Lipinski definition) is 0. The molecule has 4 rings (SSSR count). The first kappa shape index (κ1) is 27.1. The molecule has 2 aromatic rings. The van der Waals surface area contributed by atoms with Crippen molar-refractivity contribution in [3.05, 3.63) is 52.7 Å². The summed E-state index contributed by atoms with van der Waals surface area (Å²) < 4.78 is 23.4. The second-order valence-corrected chi connectivity index (χ2v) is 11.4. The molecule has 0 spiro atoms. The molecule has 0 radical (unpaired) electrons. The third kappa shape index (κ3) is 5.25. The van der Waals surface area contributed by atoms with E-state index >= 15 is 0 Å². The minimum atomic E-state index is -0.753. The van der Waals surface area contributed by atoms with Gasteiger partial charge in [-0.25, -0.2) is 14.6 Å². The molecule has 1 fully saturated rings. The van der Waals surface area contributed by atoms with Gasteiger partial charge in [-0.15, -0.1) is 0 Å². The molecule has 3 heterocycles. The molecule has 9 heteroatoms. The van der Waals surface area contributed by atoms with Gasteiger partial charge in [0.1, 0.15) is 11.4 Å². The molecule has 198 valence electrons. The van der Waals surface area contributed by atoms with Crippen molar-refractivity contribution in [3.63, 3.8) is 0 Å². The largest absolute Gasteiger partial charge is 0.497 e. The van der Waals surface area contributed by atoms with E-state index in [1.165, 1.54) is 7.11 Å². The summed E-state index contributed by atoms with van der Waals surface area (Å²) in [5.41, 5.74) is 1.49. The Kier molecular flexibility index (Phi) is 7.16. The Hall–Kier alpha value is -2.91.